The molecule has 7 heteroatoms. The number of piperazine rings is 1. The fraction of sp³-hybridized carbons (Fsp3) is 0.450. The molecule has 2 saturated heterocycles. The highest BCUT2D eigenvalue weighted by molar-refractivity contribution is 14.1. The molecule has 0 unspecified atom stereocenters. The predicted octanol–water partition coefficient (Wildman–Crippen LogP) is 2.95. The van der Waals surface area contributed by atoms with E-state index in [4.69, 9.17) is 0 Å². The first kappa shape index (κ1) is 18.5. The molecule has 2 aromatic rings. The maximum absolute atomic E-state index is 12.7. The van der Waals surface area contributed by atoms with E-state index >= 15 is 0 Å². The first-order chi connectivity index (χ1) is 13.1. The minimum atomic E-state index is 0.116. The van der Waals surface area contributed by atoms with E-state index in [1.807, 2.05) is 36.1 Å². The van der Waals surface area contributed by atoms with E-state index in [-0.39, 0.29) is 5.91 Å². The Hall–Kier alpha value is -1.90. The number of carbonyl (C=O) groups excluding carboxylic acids is 1. The minimum absolute atomic E-state index is 0.116. The van der Waals surface area contributed by atoms with Crippen molar-refractivity contribution in [1.29, 1.82) is 0 Å². The van der Waals surface area contributed by atoms with Crippen LogP contribution in [0.25, 0.3) is 0 Å². The van der Waals surface area contributed by atoms with Crippen molar-refractivity contribution >= 4 is 40.1 Å². The highest BCUT2D eigenvalue weighted by atomic mass is 127. The number of halogens is 1. The molecule has 0 atom stereocenters. The number of carbonyl (C=O) groups is 1. The molecule has 0 N–H and O–H groups in total. The van der Waals surface area contributed by atoms with Crippen LogP contribution in [-0.4, -0.2) is 60.0 Å². The van der Waals surface area contributed by atoms with Gasteiger partial charge in [-0.1, -0.05) is 6.07 Å². The summed E-state index contributed by atoms with van der Waals surface area (Å²) in [6, 6.07) is 9.90. The number of rotatable bonds is 3. The van der Waals surface area contributed by atoms with Gasteiger partial charge in [0.2, 0.25) is 0 Å². The monoisotopic (exact) mass is 477 g/mol. The first-order valence-corrected chi connectivity index (χ1v) is 10.6. The van der Waals surface area contributed by atoms with Crippen LogP contribution in [-0.2, 0) is 0 Å². The van der Waals surface area contributed by atoms with E-state index in [9.17, 15) is 4.79 Å². The van der Waals surface area contributed by atoms with Crippen LogP contribution in [0.1, 0.15) is 29.0 Å². The van der Waals surface area contributed by atoms with E-state index in [1.54, 1.807) is 0 Å². The van der Waals surface area contributed by atoms with Gasteiger partial charge in [-0.05, 0) is 60.6 Å². The summed E-state index contributed by atoms with van der Waals surface area (Å²) in [5, 5.41) is 0. The van der Waals surface area contributed by atoms with Crippen LogP contribution in [0.4, 0.5) is 11.6 Å². The number of aryl methyl sites for hydroxylation is 1. The largest absolute Gasteiger partial charge is 0.356 e. The van der Waals surface area contributed by atoms with Crippen LogP contribution in [0.2, 0.25) is 0 Å². The van der Waals surface area contributed by atoms with Gasteiger partial charge in [0.15, 0.2) is 0 Å². The van der Waals surface area contributed by atoms with Crippen molar-refractivity contribution in [2.45, 2.75) is 19.8 Å². The number of hydrogen-bond donors (Lipinski definition) is 0. The van der Waals surface area contributed by atoms with Crippen LogP contribution in [0.5, 0.6) is 0 Å². The molecule has 1 aromatic heterocycles. The van der Waals surface area contributed by atoms with Gasteiger partial charge in [0.1, 0.15) is 17.5 Å². The summed E-state index contributed by atoms with van der Waals surface area (Å²) in [5.74, 6) is 2.94. The zero-order valence-electron chi connectivity index (χ0n) is 15.6. The van der Waals surface area contributed by atoms with Gasteiger partial charge in [-0.25, -0.2) is 9.97 Å². The Balaban J connectivity index is 1.44. The van der Waals surface area contributed by atoms with Gasteiger partial charge in [0, 0.05) is 54.5 Å². The molecule has 2 aliphatic heterocycles. The molecule has 2 fully saturated rings. The van der Waals surface area contributed by atoms with Crippen molar-refractivity contribution in [3.63, 3.8) is 0 Å². The summed E-state index contributed by atoms with van der Waals surface area (Å²) >= 11 is 2.25. The Morgan fingerprint density at radius 2 is 1.56 bits per heavy atom. The average Bonchev–Trinajstić information content (AvgIpc) is 3.22. The fourth-order valence-electron chi connectivity index (χ4n) is 3.75. The van der Waals surface area contributed by atoms with Gasteiger partial charge in [-0.3, -0.25) is 4.79 Å². The molecule has 1 aromatic carbocycles. The maximum Gasteiger partial charge on any atom is 0.254 e. The molecule has 0 radical (unpaired) electrons. The average molecular weight is 477 g/mol. The van der Waals surface area contributed by atoms with E-state index in [0.717, 1.165) is 52.8 Å². The molecule has 0 spiro atoms. The normalized spacial score (nSPS) is 17.5. The van der Waals surface area contributed by atoms with Crippen LogP contribution in [0.15, 0.2) is 30.3 Å². The molecule has 4 rings (SSSR count). The number of benzene rings is 1. The standard InChI is InChI=1S/C20H24IN5O/c1-15-22-18(24-7-2-3-8-24)14-19(23-15)25-9-11-26(12-10-25)20(27)16-5-4-6-17(21)13-16/h4-6,13-14H,2-3,7-12H2,1H3. The van der Waals surface area contributed by atoms with Crippen molar-refractivity contribution < 1.29 is 4.79 Å². The molecule has 0 bridgehead atoms. The molecule has 6 nitrogen and oxygen atoms in total. The van der Waals surface area contributed by atoms with Crippen LogP contribution in [0, 0.1) is 10.5 Å². The molecule has 3 heterocycles. The maximum atomic E-state index is 12.7. The van der Waals surface area contributed by atoms with Gasteiger partial charge in [-0.2, -0.15) is 0 Å². The fourth-order valence-corrected chi connectivity index (χ4v) is 4.29. The van der Waals surface area contributed by atoms with Crippen LogP contribution < -0.4 is 9.80 Å². The quantitative estimate of drug-likeness (QED) is 0.637. The molecule has 2 aliphatic rings. The number of amides is 1. The highest BCUT2D eigenvalue weighted by Gasteiger charge is 2.24. The summed E-state index contributed by atoms with van der Waals surface area (Å²) < 4.78 is 1.09. The Morgan fingerprint density at radius 1 is 0.926 bits per heavy atom. The molecular formula is C20H24IN5O. The number of aromatic nitrogens is 2. The molecule has 27 heavy (non-hydrogen) atoms. The van der Waals surface area contributed by atoms with Gasteiger partial charge in [0.05, 0.1) is 0 Å². The van der Waals surface area contributed by atoms with Gasteiger partial charge in [0.25, 0.3) is 5.91 Å². The zero-order chi connectivity index (χ0) is 18.8. The summed E-state index contributed by atoms with van der Waals surface area (Å²) in [5.41, 5.74) is 0.768. The SMILES string of the molecule is Cc1nc(N2CCCC2)cc(N2CCN(C(=O)c3cccc(I)c3)CC2)n1. The molecular weight excluding hydrogens is 453 g/mol. The van der Waals surface area contributed by atoms with Crippen molar-refractivity contribution in [2.24, 2.45) is 0 Å². The Kier molecular flexibility index (Phi) is 5.47. The van der Waals surface area contributed by atoms with E-state index < -0.39 is 0 Å². The first-order valence-electron chi connectivity index (χ1n) is 9.50. The summed E-state index contributed by atoms with van der Waals surface area (Å²) in [4.78, 5) is 28.6. The second kappa shape index (κ2) is 8.00. The number of hydrogen-bond acceptors (Lipinski definition) is 5. The van der Waals surface area contributed by atoms with E-state index in [1.165, 1.54) is 12.8 Å². The molecule has 0 aliphatic carbocycles. The third-order valence-electron chi connectivity index (χ3n) is 5.20. The third kappa shape index (κ3) is 4.17. The topological polar surface area (TPSA) is 52.6 Å². The third-order valence-corrected chi connectivity index (χ3v) is 5.87. The lowest BCUT2D eigenvalue weighted by Crippen LogP contribution is -2.49. The molecule has 0 saturated carbocycles. The smallest absolute Gasteiger partial charge is 0.254 e. The lowest BCUT2D eigenvalue weighted by atomic mass is 10.2. The second-order valence-electron chi connectivity index (χ2n) is 7.12. The highest BCUT2D eigenvalue weighted by Crippen LogP contribution is 2.23. The Bertz CT molecular complexity index is 829. The summed E-state index contributed by atoms with van der Waals surface area (Å²) in [6.07, 6.45) is 2.47. The van der Waals surface area contributed by atoms with Crippen molar-refractivity contribution in [3.8, 4) is 0 Å². The summed E-state index contributed by atoms with van der Waals surface area (Å²) in [7, 11) is 0. The lowest BCUT2D eigenvalue weighted by molar-refractivity contribution is 0.0746. The number of anilines is 2. The Morgan fingerprint density at radius 3 is 2.19 bits per heavy atom. The summed E-state index contributed by atoms with van der Waals surface area (Å²) in [6.45, 7) is 7.14. The van der Waals surface area contributed by atoms with Crippen LogP contribution in [0.3, 0.4) is 0 Å². The number of nitrogens with zero attached hydrogens (tertiary/aromatic N) is 5. The Labute approximate surface area is 173 Å². The lowest BCUT2D eigenvalue weighted by Gasteiger charge is -2.35. The van der Waals surface area contributed by atoms with Crippen molar-refractivity contribution in [3.05, 3.63) is 45.3 Å². The van der Waals surface area contributed by atoms with Gasteiger partial charge in [-0.15, -0.1) is 0 Å². The predicted molar refractivity (Wildman–Crippen MR) is 115 cm³/mol. The zero-order valence-corrected chi connectivity index (χ0v) is 17.7. The van der Waals surface area contributed by atoms with Crippen molar-refractivity contribution in [2.75, 3.05) is 49.1 Å². The van der Waals surface area contributed by atoms with E-state index in [0.29, 0.717) is 13.1 Å². The van der Waals surface area contributed by atoms with Gasteiger partial charge >= 0.3 is 0 Å². The second-order valence-corrected chi connectivity index (χ2v) is 8.36. The van der Waals surface area contributed by atoms with E-state index in [2.05, 4.69) is 48.4 Å². The van der Waals surface area contributed by atoms with Crippen LogP contribution >= 0.6 is 22.6 Å². The molecule has 1 amide bonds. The van der Waals surface area contributed by atoms with Gasteiger partial charge < -0.3 is 14.7 Å². The molecule has 142 valence electrons. The minimum Gasteiger partial charge on any atom is -0.356 e. The van der Waals surface area contributed by atoms with Crippen molar-refractivity contribution in [1.82, 2.24) is 14.9 Å².